The summed E-state index contributed by atoms with van der Waals surface area (Å²) in [6.45, 7) is 6.00. The topological polar surface area (TPSA) is 115 Å². The number of aromatic nitrogens is 3. The lowest BCUT2D eigenvalue weighted by Crippen LogP contribution is -2.44. The number of anilines is 2. The number of carbonyl (C=O) groups excluding carboxylic acids is 1. The van der Waals surface area contributed by atoms with Crippen molar-refractivity contribution in [2.75, 3.05) is 37.0 Å². The summed E-state index contributed by atoms with van der Waals surface area (Å²) in [6.07, 6.45) is 4.24. The molecular formula is C29H33BrN6O3. The van der Waals surface area contributed by atoms with Crippen LogP contribution in [-0.4, -0.2) is 53.6 Å². The predicted molar refractivity (Wildman–Crippen MR) is 159 cm³/mol. The maximum Gasteiger partial charge on any atom is 0.261 e. The Morgan fingerprint density at radius 2 is 2.00 bits per heavy atom. The molecule has 0 bridgehead atoms. The van der Waals surface area contributed by atoms with E-state index < -0.39 is 0 Å². The number of aryl methyl sites for hydroxylation is 1. The van der Waals surface area contributed by atoms with Crippen LogP contribution in [0.15, 0.2) is 51.9 Å². The van der Waals surface area contributed by atoms with Crippen molar-refractivity contribution in [1.82, 2.24) is 20.3 Å². The van der Waals surface area contributed by atoms with E-state index in [0.717, 1.165) is 76.1 Å². The third-order valence-electron chi connectivity index (χ3n) is 7.17. The zero-order valence-electron chi connectivity index (χ0n) is 22.4. The number of nitrogens with one attached hydrogen (secondary N) is 4. The Hall–Kier alpha value is -3.79. The van der Waals surface area contributed by atoms with E-state index in [9.17, 15) is 9.59 Å². The van der Waals surface area contributed by atoms with Crippen molar-refractivity contribution < 1.29 is 9.53 Å². The number of amides is 1. The molecule has 0 atom stereocenters. The van der Waals surface area contributed by atoms with Gasteiger partial charge in [-0.15, -0.1) is 0 Å². The first-order chi connectivity index (χ1) is 18.8. The highest BCUT2D eigenvalue weighted by atomic mass is 79.9. The highest BCUT2D eigenvalue weighted by Gasteiger charge is 2.22. The first-order valence-electron chi connectivity index (χ1n) is 13.1. The number of piperidine rings is 1. The van der Waals surface area contributed by atoms with E-state index in [1.165, 1.54) is 0 Å². The van der Waals surface area contributed by atoms with Gasteiger partial charge in [0, 0.05) is 44.5 Å². The minimum Gasteiger partial charge on any atom is -0.496 e. The number of benzene rings is 2. The van der Waals surface area contributed by atoms with Gasteiger partial charge in [0.15, 0.2) is 0 Å². The molecule has 3 heterocycles. The fraction of sp³-hybridized carbons (Fsp3) is 0.345. The van der Waals surface area contributed by atoms with Gasteiger partial charge in [-0.1, -0.05) is 6.07 Å². The number of nitrogens with zero attached hydrogens (tertiary/aromatic N) is 2. The number of H-pyrrole nitrogens is 2. The smallest absolute Gasteiger partial charge is 0.261 e. The minimum absolute atomic E-state index is 0.0225. The molecule has 39 heavy (non-hydrogen) atoms. The number of hydrogen-bond acceptors (Lipinski definition) is 6. The van der Waals surface area contributed by atoms with Crippen LogP contribution in [0.2, 0.25) is 0 Å². The molecule has 4 aromatic rings. The molecule has 0 saturated carbocycles. The number of fused-ring (bicyclic) bond motifs is 1. The van der Waals surface area contributed by atoms with E-state index in [-0.39, 0.29) is 17.5 Å². The number of ether oxygens (including phenoxy) is 1. The summed E-state index contributed by atoms with van der Waals surface area (Å²) in [5.74, 6) is 1.35. The molecule has 2 aromatic heterocycles. The average molecular weight is 594 g/mol. The molecule has 1 saturated heterocycles. The summed E-state index contributed by atoms with van der Waals surface area (Å²) in [6, 6.07) is 12.4. The van der Waals surface area contributed by atoms with Gasteiger partial charge in [0.05, 0.1) is 28.3 Å². The average Bonchev–Trinajstić information content (AvgIpc) is 3.33. The number of halogens is 1. The molecule has 1 aliphatic rings. The summed E-state index contributed by atoms with van der Waals surface area (Å²) in [4.78, 5) is 37.7. The summed E-state index contributed by atoms with van der Waals surface area (Å²) >= 11 is 3.54. The quantitative estimate of drug-likeness (QED) is 0.234. The van der Waals surface area contributed by atoms with Crippen molar-refractivity contribution in [1.29, 1.82) is 0 Å². The fourth-order valence-electron chi connectivity index (χ4n) is 5.21. The number of hydrogen-bond donors (Lipinski definition) is 4. The molecule has 10 heteroatoms. The summed E-state index contributed by atoms with van der Waals surface area (Å²) in [5, 5.41) is 6.45. The zero-order valence-corrected chi connectivity index (χ0v) is 23.9. The molecule has 0 unspecified atom stereocenters. The van der Waals surface area contributed by atoms with Crippen molar-refractivity contribution in [3.63, 3.8) is 0 Å². The van der Waals surface area contributed by atoms with Crippen LogP contribution in [0.3, 0.4) is 0 Å². The van der Waals surface area contributed by atoms with Gasteiger partial charge < -0.3 is 30.2 Å². The number of rotatable bonds is 8. The Balaban J connectivity index is 1.35. The first kappa shape index (κ1) is 26.8. The molecule has 1 aliphatic heterocycles. The van der Waals surface area contributed by atoms with Gasteiger partial charge in [-0.05, 0) is 83.6 Å². The van der Waals surface area contributed by atoms with Crippen LogP contribution in [0.25, 0.3) is 22.4 Å². The Bertz CT molecular complexity index is 1550. The van der Waals surface area contributed by atoms with Gasteiger partial charge in [0.2, 0.25) is 5.91 Å². The van der Waals surface area contributed by atoms with Crippen LogP contribution in [0.5, 0.6) is 5.75 Å². The molecule has 4 N–H and O–H groups in total. The van der Waals surface area contributed by atoms with Gasteiger partial charge in [-0.25, -0.2) is 4.98 Å². The lowest BCUT2D eigenvalue weighted by Gasteiger charge is -2.34. The van der Waals surface area contributed by atoms with Crippen molar-refractivity contribution in [3.8, 4) is 17.1 Å². The van der Waals surface area contributed by atoms with E-state index in [1.54, 1.807) is 20.2 Å². The molecule has 204 valence electrons. The van der Waals surface area contributed by atoms with Gasteiger partial charge in [-0.3, -0.25) is 9.59 Å². The van der Waals surface area contributed by atoms with Crippen LogP contribution in [0, 0.1) is 6.92 Å². The molecule has 5 rings (SSSR count). The number of pyridine rings is 1. The third kappa shape index (κ3) is 5.95. The third-order valence-corrected chi connectivity index (χ3v) is 7.79. The Morgan fingerprint density at radius 3 is 2.72 bits per heavy atom. The van der Waals surface area contributed by atoms with Crippen molar-refractivity contribution in [2.45, 2.75) is 39.2 Å². The van der Waals surface area contributed by atoms with Crippen molar-refractivity contribution in [3.05, 3.63) is 68.5 Å². The van der Waals surface area contributed by atoms with Crippen LogP contribution < -0.4 is 25.8 Å². The number of carbonyl (C=O) groups is 1. The van der Waals surface area contributed by atoms with Gasteiger partial charge in [0.25, 0.3) is 5.56 Å². The maximum absolute atomic E-state index is 13.0. The van der Waals surface area contributed by atoms with Crippen molar-refractivity contribution >= 4 is 44.2 Å². The lowest BCUT2D eigenvalue weighted by atomic mass is 10.0. The second kappa shape index (κ2) is 11.5. The molecule has 1 fully saturated rings. The summed E-state index contributed by atoms with van der Waals surface area (Å²) in [7, 11) is 1.65. The monoisotopic (exact) mass is 592 g/mol. The van der Waals surface area contributed by atoms with Crippen molar-refractivity contribution in [2.24, 2.45) is 0 Å². The molecule has 2 aromatic carbocycles. The minimum atomic E-state index is -0.204. The highest BCUT2D eigenvalue weighted by molar-refractivity contribution is 9.10. The zero-order chi connectivity index (χ0) is 27.5. The summed E-state index contributed by atoms with van der Waals surface area (Å²) < 4.78 is 6.23. The molecular weight excluding hydrogens is 560 g/mol. The van der Waals surface area contributed by atoms with Gasteiger partial charge in [0.1, 0.15) is 17.1 Å². The van der Waals surface area contributed by atoms with E-state index in [2.05, 4.69) is 53.6 Å². The maximum atomic E-state index is 13.0. The predicted octanol–water partition coefficient (Wildman–Crippen LogP) is 4.76. The number of imidazole rings is 1. The molecule has 9 nitrogen and oxygen atoms in total. The van der Waals surface area contributed by atoms with E-state index in [1.807, 2.05) is 31.2 Å². The lowest BCUT2D eigenvalue weighted by molar-refractivity contribution is -0.119. The summed E-state index contributed by atoms with van der Waals surface area (Å²) in [5.41, 5.74) is 6.05. The Kier molecular flexibility index (Phi) is 7.92. The number of aromatic amines is 2. The van der Waals surface area contributed by atoms with Crippen LogP contribution in [0.1, 0.15) is 30.9 Å². The SMILES string of the molecule is COc1ccc(CCNc2cc[nH]c(=O)c2-c2nc3c(C)cc(N4CCC(NC(C)=O)CC4)cc3[nH]2)cc1Br. The first-order valence-corrected chi connectivity index (χ1v) is 13.9. The Morgan fingerprint density at radius 1 is 1.21 bits per heavy atom. The van der Waals surface area contributed by atoms with Crippen LogP contribution in [0.4, 0.5) is 11.4 Å². The van der Waals surface area contributed by atoms with Gasteiger partial charge in [-0.2, -0.15) is 0 Å². The molecule has 1 amide bonds. The van der Waals surface area contributed by atoms with E-state index >= 15 is 0 Å². The Labute approximate surface area is 235 Å². The van der Waals surface area contributed by atoms with E-state index in [4.69, 9.17) is 9.72 Å². The molecule has 0 aliphatic carbocycles. The molecule has 0 radical (unpaired) electrons. The van der Waals surface area contributed by atoms with E-state index in [0.29, 0.717) is 17.9 Å². The number of methoxy groups -OCH3 is 1. The standard InChI is InChI=1S/C29H33BrN6O3/c1-17-14-21(36-12-8-20(9-13-36)33-18(2)37)16-24-27(17)35-28(34-24)26-23(7-11-32-29(26)38)31-10-6-19-4-5-25(39-3)22(30)15-19/h4-5,7,11,14-16,20H,6,8-10,12-13H2,1-3H3,(H,33,37)(H,34,35)(H2,31,32,38). The second-order valence-electron chi connectivity index (χ2n) is 9.95. The fourth-order valence-corrected chi connectivity index (χ4v) is 5.80. The second-order valence-corrected chi connectivity index (χ2v) is 10.8. The van der Waals surface area contributed by atoms with Crippen LogP contribution >= 0.6 is 15.9 Å². The van der Waals surface area contributed by atoms with Gasteiger partial charge >= 0.3 is 0 Å². The highest BCUT2D eigenvalue weighted by Crippen LogP contribution is 2.31. The largest absolute Gasteiger partial charge is 0.496 e. The molecule has 0 spiro atoms. The normalized spacial score (nSPS) is 14.0. The van der Waals surface area contributed by atoms with Crippen LogP contribution in [-0.2, 0) is 11.2 Å².